The standard InChI is InChI=1S/C14H16F3N3O/c1-21-7-5-10-4-6-20-11(8-9-2-3-9)18-19-13(20)12(10)14(15,16)17/h4,6,9H,2-3,5,7-8H2,1H3. The second-order valence-corrected chi connectivity index (χ2v) is 5.41. The van der Waals surface area contributed by atoms with E-state index in [9.17, 15) is 13.2 Å². The first kappa shape index (κ1) is 14.3. The third kappa shape index (κ3) is 2.88. The molecule has 1 fully saturated rings. The van der Waals surface area contributed by atoms with Crippen LogP contribution in [0.1, 0.15) is 29.8 Å². The minimum absolute atomic E-state index is 0.105. The first-order valence-electron chi connectivity index (χ1n) is 6.92. The fraction of sp³-hybridized carbons (Fsp3) is 0.571. The van der Waals surface area contributed by atoms with Gasteiger partial charge in [0.15, 0.2) is 5.65 Å². The fourth-order valence-corrected chi connectivity index (χ4v) is 2.49. The molecule has 21 heavy (non-hydrogen) atoms. The summed E-state index contributed by atoms with van der Waals surface area (Å²) >= 11 is 0. The van der Waals surface area contributed by atoms with Crippen LogP contribution >= 0.6 is 0 Å². The molecule has 0 aromatic carbocycles. The number of fused-ring (bicyclic) bond motifs is 1. The molecule has 0 N–H and O–H groups in total. The highest BCUT2D eigenvalue weighted by atomic mass is 19.4. The van der Waals surface area contributed by atoms with Gasteiger partial charge in [-0.15, -0.1) is 10.2 Å². The molecular weight excluding hydrogens is 283 g/mol. The summed E-state index contributed by atoms with van der Waals surface area (Å²) in [5.41, 5.74) is -0.606. The Bertz CT molecular complexity index is 647. The Morgan fingerprint density at radius 2 is 2.10 bits per heavy atom. The van der Waals surface area contributed by atoms with Crippen molar-refractivity contribution in [1.82, 2.24) is 14.6 Å². The molecule has 0 unspecified atom stereocenters. The number of nitrogens with zero attached hydrogens (tertiary/aromatic N) is 3. The summed E-state index contributed by atoms with van der Waals surface area (Å²) in [6.45, 7) is 0.238. The molecule has 1 aliphatic carbocycles. The van der Waals surface area contributed by atoms with Crippen LogP contribution in [0.2, 0.25) is 0 Å². The molecule has 1 saturated carbocycles. The molecule has 0 atom stereocenters. The van der Waals surface area contributed by atoms with Gasteiger partial charge in [0.1, 0.15) is 11.4 Å². The van der Waals surface area contributed by atoms with Crippen LogP contribution in [-0.2, 0) is 23.8 Å². The third-order valence-corrected chi connectivity index (χ3v) is 3.76. The number of hydrogen-bond acceptors (Lipinski definition) is 3. The summed E-state index contributed by atoms with van der Waals surface area (Å²) in [6, 6.07) is 1.49. The Balaban J connectivity index is 2.07. The fourth-order valence-electron chi connectivity index (χ4n) is 2.49. The van der Waals surface area contributed by atoms with Gasteiger partial charge in [-0.2, -0.15) is 13.2 Å². The first-order valence-corrected chi connectivity index (χ1v) is 6.92. The molecule has 7 heteroatoms. The molecule has 2 aromatic rings. The molecule has 0 spiro atoms. The van der Waals surface area contributed by atoms with E-state index in [0.29, 0.717) is 18.2 Å². The van der Waals surface area contributed by atoms with Crippen molar-refractivity contribution in [2.75, 3.05) is 13.7 Å². The third-order valence-electron chi connectivity index (χ3n) is 3.76. The Hall–Kier alpha value is -1.63. The summed E-state index contributed by atoms with van der Waals surface area (Å²) in [5.74, 6) is 1.15. The van der Waals surface area contributed by atoms with E-state index in [1.54, 1.807) is 6.20 Å². The molecule has 114 valence electrons. The summed E-state index contributed by atoms with van der Waals surface area (Å²) in [5, 5.41) is 7.74. The van der Waals surface area contributed by atoms with Gasteiger partial charge >= 0.3 is 6.18 Å². The van der Waals surface area contributed by atoms with E-state index in [0.717, 1.165) is 12.8 Å². The van der Waals surface area contributed by atoms with Crippen LogP contribution in [0.4, 0.5) is 13.2 Å². The quantitative estimate of drug-likeness (QED) is 0.852. The Labute approximate surface area is 119 Å². The van der Waals surface area contributed by atoms with E-state index in [-0.39, 0.29) is 24.2 Å². The molecular formula is C14H16F3N3O. The minimum atomic E-state index is -4.45. The van der Waals surface area contributed by atoms with Crippen molar-refractivity contribution in [1.29, 1.82) is 0 Å². The lowest BCUT2D eigenvalue weighted by atomic mass is 10.1. The van der Waals surface area contributed by atoms with Gasteiger partial charge in [-0.05, 0) is 36.8 Å². The van der Waals surface area contributed by atoms with Crippen LogP contribution in [0.5, 0.6) is 0 Å². The smallest absolute Gasteiger partial charge is 0.384 e. The monoisotopic (exact) mass is 299 g/mol. The van der Waals surface area contributed by atoms with Crippen molar-refractivity contribution in [2.24, 2.45) is 5.92 Å². The van der Waals surface area contributed by atoms with Crippen LogP contribution < -0.4 is 0 Å². The van der Waals surface area contributed by atoms with Crippen LogP contribution in [-0.4, -0.2) is 28.3 Å². The van der Waals surface area contributed by atoms with E-state index in [1.165, 1.54) is 17.6 Å². The largest absolute Gasteiger partial charge is 0.420 e. The van der Waals surface area contributed by atoms with E-state index in [4.69, 9.17) is 4.74 Å². The van der Waals surface area contributed by atoms with Gasteiger partial charge in [0.25, 0.3) is 0 Å². The van der Waals surface area contributed by atoms with Gasteiger partial charge in [0.05, 0.1) is 6.61 Å². The molecule has 0 amide bonds. The van der Waals surface area contributed by atoms with Crippen molar-refractivity contribution in [3.63, 3.8) is 0 Å². The number of aromatic nitrogens is 3. The van der Waals surface area contributed by atoms with Crippen LogP contribution in [0, 0.1) is 5.92 Å². The van der Waals surface area contributed by atoms with E-state index in [1.807, 2.05) is 0 Å². The number of alkyl halides is 3. The lowest BCUT2D eigenvalue weighted by Crippen LogP contribution is -2.13. The molecule has 0 aliphatic heterocycles. The number of hydrogen-bond donors (Lipinski definition) is 0. The van der Waals surface area contributed by atoms with Gasteiger partial charge in [-0.25, -0.2) is 0 Å². The molecule has 0 saturated heterocycles. The SMILES string of the molecule is COCCc1ccn2c(CC3CC3)nnc2c1C(F)(F)F. The normalized spacial score (nSPS) is 15.8. The predicted octanol–water partition coefficient (Wildman–Crippen LogP) is 2.89. The maximum atomic E-state index is 13.4. The maximum Gasteiger partial charge on any atom is 0.420 e. The zero-order chi connectivity index (χ0) is 15.0. The highest BCUT2D eigenvalue weighted by molar-refractivity contribution is 5.53. The lowest BCUT2D eigenvalue weighted by molar-refractivity contribution is -0.137. The topological polar surface area (TPSA) is 39.4 Å². The van der Waals surface area contributed by atoms with Crippen molar-refractivity contribution in [2.45, 2.75) is 31.9 Å². The van der Waals surface area contributed by atoms with Crippen LogP contribution in [0.3, 0.4) is 0 Å². The summed E-state index contributed by atoms with van der Waals surface area (Å²) in [6.07, 6.45) is 0.311. The Morgan fingerprint density at radius 3 is 2.71 bits per heavy atom. The van der Waals surface area contributed by atoms with Crippen molar-refractivity contribution in [3.8, 4) is 0 Å². The van der Waals surface area contributed by atoms with Crippen molar-refractivity contribution < 1.29 is 17.9 Å². The maximum absolute atomic E-state index is 13.4. The average molecular weight is 299 g/mol. The average Bonchev–Trinajstić information content (AvgIpc) is 3.15. The molecule has 2 aromatic heterocycles. The van der Waals surface area contributed by atoms with Gasteiger partial charge in [0.2, 0.25) is 0 Å². The zero-order valence-corrected chi connectivity index (χ0v) is 11.7. The van der Waals surface area contributed by atoms with E-state index in [2.05, 4.69) is 10.2 Å². The Kier molecular flexibility index (Phi) is 3.61. The van der Waals surface area contributed by atoms with Gasteiger partial charge in [-0.1, -0.05) is 0 Å². The number of methoxy groups -OCH3 is 1. The number of rotatable bonds is 5. The van der Waals surface area contributed by atoms with Crippen LogP contribution in [0.15, 0.2) is 12.3 Å². The highest BCUT2D eigenvalue weighted by Crippen LogP contribution is 2.36. The predicted molar refractivity (Wildman–Crippen MR) is 70.0 cm³/mol. The van der Waals surface area contributed by atoms with E-state index >= 15 is 0 Å². The summed E-state index contributed by atoms with van der Waals surface area (Å²) in [4.78, 5) is 0. The van der Waals surface area contributed by atoms with E-state index < -0.39 is 11.7 Å². The van der Waals surface area contributed by atoms with Gasteiger partial charge in [-0.3, -0.25) is 4.40 Å². The summed E-state index contributed by atoms with van der Waals surface area (Å²) < 4.78 is 46.5. The molecule has 4 nitrogen and oxygen atoms in total. The summed E-state index contributed by atoms with van der Waals surface area (Å²) in [7, 11) is 1.47. The molecule has 1 aliphatic rings. The lowest BCUT2D eigenvalue weighted by Gasteiger charge is -2.13. The second-order valence-electron chi connectivity index (χ2n) is 5.41. The number of pyridine rings is 1. The Morgan fingerprint density at radius 1 is 1.33 bits per heavy atom. The number of halogens is 3. The molecule has 0 bridgehead atoms. The molecule has 2 heterocycles. The second kappa shape index (κ2) is 5.29. The molecule has 0 radical (unpaired) electrons. The van der Waals surface area contributed by atoms with Crippen LogP contribution in [0.25, 0.3) is 5.65 Å². The first-order chi connectivity index (χ1) is 10.0. The number of ether oxygens (including phenoxy) is 1. The van der Waals surface area contributed by atoms with Gasteiger partial charge < -0.3 is 4.74 Å². The van der Waals surface area contributed by atoms with Crippen molar-refractivity contribution >= 4 is 5.65 Å². The minimum Gasteiger partial charge on any atom is -0.384 e. The van der Waals surface area contributed by atoms with Crippen molar-refractivity contribution in [3.05, 3.63) is 29.2 Å². The molecule has 3 rings (SSSR count). The zero-order valence-electron chi connectivity index (χ0n) is 11.7. The van der Waals surface area contributed by atoms with Gasteiger partial charge in [0, 0.05) is 19.7 Å². The highest BCUT2D eigenvalue weighted by Gasteiger charge is 2.37.